The summed E-state index contributed by atoms with van der Waals surface area (Å²) >= 11 is 0. The predicted molar refractivity (Wildman–Crippen MR) is 33.1 cm³/mol. The van der Waals surface area contributed by atoms with Gasteiger partial charge < -0.3 is 9.84 Å². The lowest BCUT2D eigenvalue weighted by Crippen LogP contribution is -2.58. The topological polar surface area (TPSA) is 29.5 Å². The van der Waals surface area contributed by atoms with Crippen LogP contribution >= 0.6 is 0 Å². The third-order valence-electron chi connectivity index (χ3n) is 2.38. The first kappa shape index (κ1) is 5.69. The van der Waals surface area contributed by atoms with Gasteiger partial charge in [0.25, 0.3) is 0 Å². The van der Waals surface area contributed by atoms with Crippen LogP contribution in [0.3, 0.4) is 0 Å². The molecule has 2 unspecified atom stereocenters. The fraction of sp³-hybridized carbons (Fsp3) is 1.00. The van der Waals surface area contributed by atoms with Gasteiger partial charge in [-0.15, -0.1) is 0 Å². The Labute approximate surface area is 54.8 Å². The van der Waals surface area contributed by atoms with Gasteiger partial charge in [0.1, 0.15) is 6.10 Å². The van der Waals surface area contributed by atoms with Gasteiger partial charge in [0, 0.05) is 0 Å². The van der Waals surface area contributed by atoms with Crippen LogP contribution in [-0.4, -0.2) is 23.4 Å². The molecule has 1 aliphatic carbocycles. The summed E-state index contributed by atoms with van der Waals surface area (Å²) in [6.45, 7) is 2.22. The molecule has 2 heteroatoms. The zero-order chi connectivity index (χ0) is 6.43. The molecule has 3 rings (SSSR count). The summed E-state index contributed by atoms with van der Waals surface area (Å²) in [4.78, 5) is 0. The van der Waals surface area contributed by atoms with E-state index in [0.29, 0.717) is 0 Å². The van der Waals surface area contributed by atoms with Crippen molar-refractivity contribution in [3.63, 3.8) is 0 Å². The number of aliphatic hydroxyl groups excluding tert-OH is 1. The Morgan fingerprint density at radius 2 is 1.89 bits per heavy atom. The van der Waals surface area contributed by atoms with Crippen LogP contribution in [0.5, 0.6) is 0 Å². The van der Waals surface area contributed by atoms with Crippen LogP contribution in [0.25, 0.3) is 0 Å². The van der Waals surface area contributed by atoms with Gasteiger partial charge >= 0.3 is 0 Å². The molecule has 2 saturated heterocycles. The molecule has 52 valence electrons. The second-order valence-electron chi connectivity index (χ2n) is 3.28. The average molecular weight is 128 g/mol. The summed E-state index contributed by atoms with van der Waals surface area (Å²) in [6, 6.07) is 0. The molecule has 1 saturated carbocycles. The van der Waals surface area contributed by atoms with Crippen molar-refractivity contribution in [2.24, 2.45) is 5.92 Å². The number of aliphatic hydroxyl groups is 1. The minimum atomic E-state index is -0.138. The zero-order valence-electron chi connectivity index (χ0n) is 5.58. The van der Waals surface area contributed by atoms with Crippen LogP contribution in [0.4, 0.5) is 0 Å². The molecule has 0 aromatic carbocycles. The van der Waals surface area contributed by atoms with Gasteiger partial charge in [0.15, 0.2) is 0 Å². The fourth-order valence-electron chi connectivity index (χ4n) is 1.81. The molecule has 0 aromatic rings. The first-order valence-corrected chi connectivity index (χ1v) is 3.61. The van der Waals surface area contributed by atoms with Crippen LogP contribution < -0.4 is 0 Å². The highest BCUT2D eigenvalue weighted by molar-refractivity contribution is 4.94. The molecule has 2 aliphatic heterocycles. The van der Waals surface area contributed by atoms with E-state index < -0.39 is 0 Å². The van der Waals surface area contributed by atoms with Crippen molar-refractivity contribution in [1.29, 1.82) is 0 Å². The largest absolute Gasteiger partial charge is 0.388 e. The number of ether oxygens (including phenoxy) is 1. The average Bonchev–Trinajstić information content (AvgIpc) is 1.87. The molecule has 2 bridgehead atoms. The van der Waals surface area contributed by atoms with Gasteiger partial charge in [-0.25, -0.2) is 0 Å². The number of rotatable bonds is 0. The van der Waals surface area contributed by atoms with Crippen molar-refractivity contribution in [1.82, 2.24) is 0 Å². The van der Waals surface area contributed by atoms with Gasteiger partial charge in [0.2, 0.25) is 0 Å². The minimum Gasteiger partial charge on any atom is -0.388 e. The van der Waals surface area contributed by atoms with Gasteiger partial charge in [-0.1, -0.05) is 6.92 Å². The first-order chi connectivity index (χ1) is 4.27. The third-order valence-corrected chi connectivity index (χ3v) is 2.38. The molecule has 0 radical (unpaired) electrons. The molecule has 3 fully saturated rings. The first-order valence-electron chi connectivity index (χ1n) is 3.61. The molecule has 9 heavy (non-hydrogen) atoms. The normalized spacial score (nSPS) is 56.7. The molecule has 2 atom stereocenters. The lowest BCUT2D eigenvalue weighted by molar-refractivity contribution is -0.255. The van der Waals surface area contributed by atoms with E-state index in [-0.39, 0.29) is 18.3 Å². The van der Waals surface area contributed by atoms with Gasteiger partial charge in [-0.05, 0) is 18.8 Å². The van der Waals surface area contributed by atoms with Crippen LogP contribution in [0.2, 0.25) is 0 Å². The summed E-state index contributed by atoms with van der Waals surface area (Å²) in [5, 5.41) is 9.22. The highest BCUT2D eigenvalue weighted by Crippen LogP contribution is 2.37. The molecule has 0 aromatic heterocycles. The molecule has 0 amide bonds. The molecule has 2 nitrogen and oxygen atoms in total. The Balaban J connectivity index is 2.01. The standard InChI is InChI=1S/C7H12O2/c1-4-2-5-7(8)6(3-4)9-5/h4-8H,2-3H2,1H3. The Morgan fingerprint density at radius 3 is 2.22 bits per heavy atom. The van der Waals surface area contributed by atoms with E-state index in [1.165, 1.54) is 0 Å². The van der Waals surface area contributed by atoms with Crippen molar-refractivity contribution in [3.05, 3.63) is 0 Å². The zero-order valence-corrected chi connectivity index (χ0v) is 5.58. The van der Waals surface area contributed by atoms with E-state index in [1.54, 1.807) is 0 Å². The van der Waals surface area contributed by atoms with Crippen molar-refractivity contribution in [2.75, 3.05) is 0 Å². The van der Waals surface area contributed by atoms with E-state index >= 15 is 0 Å². The summed E-state index contributed by atoms with van der Waals surface area (Å²) in [7, 11) is 0. The summed E-state index contributed by atoms with van der Waals surface area (Å²) in [5.74, 6) is 0.761. The smallest absolute Gasteiger partial charge is 0.106 e. The van der Waals surface area contributed by atoms with Crippen LogP contribution in [0, 0.1) is 5.92 Å². The number of fused-ring (bicyclic) bond motifs is 2. The monoisotopic (exact) mass is 128 g/mol. The van der Waals surface area contributed by atoms with Crippen LogP contribution in [0.15, 0.2) is 0 Å². The predicted octanol–water partition coefficient (Wildman–Crippen LogP) is 0.545. The van der Waals surface area contributed by atoms with E-state index in [0.717, 1.165) is 18.8 Å². The highest BCUT2D eigenvalue weighted by Gasteiger charge is 2.46. The Morgan fingerprint density at radius 1 is 1.33 bits per heavy atom. The number of hydrogen-bond acceptors (Lipinski definition) is 2. The maximum atomic E-state index is 9.22. The van der Waals surface area contributed by atoms with Gasteiger partial charge in [-0.3, -0.25) is 0 Å². The van der Waals surface area contributed by atoms with Crippen molar-refractivity contribution in [2.45, 2.75) is 38.1 Å². The molecule has 1 N–H and O–H groups in total. The lowest BCUT2D eigenvalue weighted by Gasteiger charge is -2.48. The van der Waals surface area contributed by atoms with Gasteiger partial charge in [-0.2, -0.15) is 0 Å². The fourth-order valence-corrected chi connectivity index (χ4v) is 1.81. The Kier molecular flexibility index (Phi) is 1.08. The van der Waals surface area contributed by atoms with E-state index in [2.05, 4.69) is 6.92 Å². The maximum absolute atomic E-state index is 9.22. The highest BCUT2D eigenvalue weighted by atomic mass is 16.6. The SMILES string of the molecule is CC1CC2OC(C1)C2O. The summed E-state index contributed by atoms with van der Waals surface area (Å²) in [5.41, 5.74) is 0. The maximum Gasteiger partial charge on any atom is 0.106 e. The van der Waals surface area contributed by atoms with E-state index in [4.69, 9.17) is 4.74 Å². The molecule has 2 heterocycles. The quantitative estimate of drug-likeness (QED) is 0.516. The van der Waals surface area contributed by atoms with Crippen LogP contribution in [0.1, 0.15) is 19.8 Å². The molecular formula is C7H12O2. The van der Waals surface area contributed by atoms with Crippen molar-refractivity contribution in [3.8, 4) is 0 Å². The summed E-state index contributed by atoms with van der Waals surface area (Å²) < 4.78 is 5.31. The van der Waals surface area contributed by atoms with Crippen molar-refractivity contribution < 1.29 is 9.84 Å². The van der Waals surface area contributed by atoms with Gasteiger partial charge in [0.05, 0.1) is 12.2 Å². The van der Waals surface area contributed by atoms with Crippen LogP contribution in [-0.2, 0) is 4.74 Å². The Hall–Kier alpha value is -0.0800. The van der Waals surface area contributed by atoms with E-state index in [1.807, 2.05) is 0 Å². The third kappa shape index (κ3) is 0.700. The summed E-state index contributed by atoms with van der Waals surface area (Å²) in [6.07, 6.45) is 2.33. The van der Waals surface area contributed by atoms with E-state index in [9.17, 15) is 5.11 Å². The van der Waals surface area contributed by atoms with Crippen molar-refractivity contribution >= 4 is 0 Å². The molecule has 0 spiro atoms. The second kappa shape index (κ2) is 1.70. The minimum absolute atomic E-state index is 0.138. The lowest BCUT2D eigenvalue weighted by atomic mass is 9.80. The Bertz CT molecular complexity index is 112. The second-order valence-corrected chi connectivity index (χ2v) is 3.28. The molecular weight excluding hydrogens is 116 g/mol. The number of hydrogen-bond donors (Lipinski definition) is 1. The molecule has 3 aliphatic rings.